The standard InChI is InChI=1S/C14H28N2O/c1-4-12(3)15-11-14(17)16-10-8-6-7-9-13(16)5-2/h12-13,15H,4-11H2,1-3H3. The second-order valence-electron chi connectivity index (χ2n) is 5.19. The summed E-state index contributed by atoms with van der Waals surface area (Å²) in [5.41, 5.74) is 0. The van der Waals surface area contributed by atoms with E-state index in [1.54, 1.807) is 0 Å². The molecule has 0 spiro atoms. The van der Waals surface area contributed by atoms with Crippen molar-refractivity contribution >= 4 is 5.91 Å². The monoisotopic (exact) mass is 240 g/mol. The highest BCUT2D eigenvalue weighted by Crippen LogP contribution is 2.19. The Morgan fingerprint density at radius 3 is 2.76 bits per heavy atom. The highest BCUT2D eigenvalue weighted by Gasteiger charge is 2.23. The van der Waals surface area contributed by atoms with Crippen molar-refractivity contribution in [3.05, 3.63) is 0 Å². The van der Waals surface area contributed by atoms with Gasteiger partial charge in [-0.05, 0) is 32.6 Å². The molecule has 3 heteroatoms. The van der Waals surface area contributed by atoms with Gasteiger partial charge >= 0.3 is 0 Å². The molecule has 1 saturated heterocycles. The third-order valence-corrected chi connectivity index (χ3v) is 3.88. The first-order valence-electron chi connectivity index (χ1n) is 7.21. The van der Waals surface area contributed by atoms with Crippen LogP contribution in [0.25, 0.3) is 0 Å². The van der Waals surface area contributed by atoms with Crippen LogP contribution in [0.15, 0.2) is 0 Å². The first-order chi connectivity index (χ1) is 8.19. The molecule has 1 fully saturated rings. The maximum absolute atomic E-state index is 12.2. The van der Waals surface area contributed by atoms with Crippen molar-refractivity contribution < 1.29 is 4.79 Å². The van der Waals surface area contributed by atoms with Gasteiger partial charge in [0, 0.05) is 18.6 Å². The zero-order valence-corrected chi connectivity index (χ0v) is 11.7. The number of hydrogen-bond acceptors (Lipinski definition) is 2. The molecule has 1 aliphatic rings. The number of carbonyl (C=O) groups is 1. The third-order valence-electron chi connectivity index (χ3n) is 3.88. The van der Waals surface area contributed by atoms with Crippen molar-refractivity contribution in [2.24, 2.45) is 0 Å². The van der Waals surface area contributed by atoms with E-state index in [0.717, 1.165) is 19.4 Å². The van der Waals surface area contributed by atoms with Gasteiger partial charge in [-0.2, -0.15) is 0 Å². The van der Waals surface area contributed by atoms with Crippen LogP contribution in [0.5, 0.6) is 0 Å². The average Bonchev–Trinajstić information content (AvgIpc) is 2.60. The first kappa shape index (κ1) is 14.5. The summed E-state index contributed by atoms with van der Waals surface area (Å²) < 4.78 is 0. The van der Waals surface area contributed by atoms with E-state index in [1.807, 2.05) is 0 Å². The Bertz CT molecular complexity index is 230. The Labute approximate surface area is 106 Å². The van der Waals surface area contributed by atoms with Gasteiger partial charge in [0.2, 0.25) is 5.91 Å². The maximum Gasteiger partial charge on any atom is 0.236 e. The molecule has 17 heavy (non-hydrogen) atoms. The van der Waals surface area contributed by atoms with Gasteiger partial charge in [-0.1, -0.05) is 26.7 Å². The summed E-state index contributed by atoms with van der Waals surface area (Å²) in [6.07, 6.45) is 7.08. The van der Waals surface area contributed by atoms with Crippen molar-refractivity contribution in [2.45, 2.75) is 71.4 Å². The number of hydrogen-bond donors (Lipinski definition) is 1. The number of rotatable bonds is 5. The molecule has 1 aliphatic heterocycles. The average molecular weight is 240 g/mol. The lowest BCUT2D eigenvalue weighted by Crippen LogP contribution is -2.45. The van der Waals surface area contributed by atoms with Crippen LogP contribution in [0.4, 0.5) is 0 Å². The molecule has 3 nitrogen and oxygen atoms in total. The van der Waals surface area contributed by atoms with Crippen molar-refractivity contribution in [1.82, 2.24) is 10.2 Å². The van der Waals surface area contributed by atoms with Crippen LogP contribution in [0.3, 0.4) is 0 Å². The molecular formula is C14H28N2O. The molecule has 2 atom stereocenters. The maximum atomic E-state index is 12.2. The molecule has 0 aliphatic carbocycles. The highest BCUT2D eigenvalue weighted by molar-refractivity contribution is 5.78. The number of carbonyl (C=O) groups excluding carboxylic acids is 1. The van der Waals surface area contributed by atoms with Crippen LogP contribution in [0.1, 0.15) is 59.3 Å². The fourth-order valence-electron chi connectivity index (χ4n) is 2.44. The van der Waals surface area contributed by atoms with Crippen molar-refractivity contribution in [1.29, 1.82) is 0 Å². The van der Waals surface area contributed by atoms with Gasteiger partial charge in [0.1, 0.15) is 0 Å². The summed E-state index contributed by atoms with van der Waals surface area (Å²) in [5.74, 6) is 0.291. The number of likely N-dealkylation sites (tertiary alicyclic amines) is 1. The second-order valence-corrected chi connectivity index (χ2v) is 5.19. The predicted octanol–water partition coefficient (Wildman–Crippen LogP) is 2.56. The van der Waals surface area contributed by atoms with Crippen LogP contribution in [-0.2, 0) is 4.79 Å². The Morgan fingerprint density at radius 2 is 2.12 bits per heavy atom. The third kappa shape index (κ3) is 4.66. The Morgan fingerprint density at radius 1 is 1.35 bits per heavy atom. The van der Waals surface area contributed by atoms with Crippen LogP contribution < -0.4 is 5.32 Å². The van der Waals surface area contributed by atoms with Gasteiger partial charge in [0.15, 0.2) is 0 Å². The minimum absolute atomic E-state index is 0.291. The van der Waals surface area contributed by atoms with E-state index in [2.05, 4.69) is 31.0 Å². The molecular weight excluding hydrogens is 212 g/mol. The summed E-state index contributed by atoms with van der Waals surface area (Å²) >= 11 is 0. The number of nitrogens with one attached hydrogen (secondary N) is 1. The normalized spacial score (nSPS) is 23.2. The molecule has 1 amide bonds. The van der Waals surface area contributed by atoms with E-state index >= 15 is 0 Å². The summed E-state index contributed by atoms with van der Waals surface area (Å²) in [7, 11) is 0. The minimum atomic E-state index is 0.291. The van der Waals surface area contributed by atoms with Crippen LogP contribution >= 0.6 is 0 Å². The van der Waals surface area contributed by atoms with Crippen molar-refractivity contribution in [2.75, 3.05) is 13.1 Å². The lowest BCUT2D eigenvalue weighted by Gasteiger charge is -2.30. The quantitative estimate of drug-likeness (QED) is 0.801. The molecule has 0 aromatic rings. The molecule has 0 saturated carbocycles. The van der Waals surface area contributed by atoms with Crippen molar-refractivity contribution in [3.8, 4) is 0 Å². The molecule has 2 unspecified atom stereocenters. The van der Waals surface area contributed by atoms with Gasteiger partial charge in [0.25, 0.3) is 0 Å². The second kappa shape index (κ2) is 7.70. The molecule has 0 aromatic heterocycles. The lowest BCUT2D eigenvalue weighted by molar-refractivity contribution is -0.132. The van der Waals surface area contributed by atoms with E-state index < -0.39 is 0 Å². The Balaban J connectivity index is 2.46. The first-order valence-corrected chi connectivity index (χ1v) is 7.21. The lowest BCUT2D eigenvalue weighted by atomic mass is 10.1. The zero-order valence-electron chi connectivity index (χ0n) is 11.7. The molecule has 1 N–H and O–H groups in total. The number of amides is 1. The fraction of sp³-hybridized carbons (Fsp3) is 0.929. The van der Waals surface area contributed by atoms with Gasteiger partial charge in [0.05, 0.1) is 6.54 Å². The van der Waals surface area contributed by atoms with E-state index in [1.165, 1.54) is 25.7 Å². The van der Waals surface area contributed by atoms with E-state index in [-0.39, 0.29) is 0 Å². The SMILES string of the molecule is CCC(C)NCC(=O)N1CCCCCC1CC. The fourth-order valence-corrected chi connectivity index (χ4v) is 2.44. The molecule has 1 heterocycles. The summed E-state index contributed by atoms with van der Waals surface area (Å²) in [6, 6.07) is 0.912. The minimum Gasteiger partial charge on any atom is -0.339 e. The largest absolute Gasteiger partial charge is 0.339 e. The molecule has 0 bridgehead atoms. The van der Waals surface area contributed by atoms with E-state index in [9.17, 15) is 4.79 Å². The highest BCUT2D eigenvalue weighted by atomic mass is 16.2. The van der Waals surface area contributed by atoms with Crippen LogP contribution in [0.2, 0.25) is 0 Å². The molecule has 1 rings (SSSR count). The van der Waals surface area contributed by atoms with E-state index in [4.69, 9.17) is 0 Å². The summed E-state index contributed by atoms with van der Waals surface area (Å²) in [6.45, 7) is 7.93. The van der Waals surface area contributed by atoms with Gasteiger partial charge in [-0.25, -0.2) is 0 Å². The molecule has 100 valence electrons. The summed E-state index contributed by atoms with van der Waals surface area (Å²) in [4.78, 5) is 14.3. The smallest absolute Gasteiger partial charge is 0.236 e. The van der Waals surface area contributed by atoms with Crippen LogP contribution in [-0.4, -0.2) is 36.0 Å². The van der Waals surface area contributed by atoms with E-state index in [0.29, 0.717) is 24.5 Å². The van der Waals surface area contributed by atoms with Gasteiger partial charge < -0.3 is 10.2 Å². The Hall–Kier alpha value is -0.570. The zero-order chi connectivity index (χ0) is 12.7. The van der Waals surface area contributed by atoms with Crippen LogP contribution in [0, 0.1) is 0 Å². The van der Waals surface area contributed by atoms with Crippen molar-refractivity contribution in [3.63, 3.8) is 0 Å². The number of nitrogens with zero attached hydrogens (tertiary/aromatic N) is 1. The molecule has 0 radical (unpaired) electrons. The van der Waals surface area contributed by atoms with Gasteiger partial charge in [-0.15, -0.1) is 0 Å². The summed E-state index contributed by atoms with van der Waals surface area (Å²) in [5, 5.41) is 3.30. The molecule has 0 aromatic carbocycles. The van der Waals surface area contributed by atoms with Gasteiger partial charge in [-0.3, -0.25) is 4.79 Å². The predicted molar refractivity (Wildman–Crippen MR) is 72.0 cm³/mol. The topological polar surface area (TPSA) is 32.3 Å². The Kier molecular flexibility index (Phi) is 6.56.